The molecule has 0 bridgehead atoms. The van der Waals surface area contributed by atoms with E-state index in [2.05, 4.69) is 21.3 Å². The van der Waals surface area contributed by atoms with Gasteiger partial charge in [-0.25, -0.2) is 0 Å². The Bertz CT molecular complexity index is 1820. The molecule has 0 saturated carbocycles. The highest BCUT2D eigenvalue weighted by Gasteiger charge is 2.19. The Morgan fingerprint density at radius 3 is 1.65 bits per heavy atom. The zero-order valence-electron chi connectivity index (χ0n) is 26.8. The maximum atomic E-state index is 13.2. The van der Waals surface area contributed by atoms with Crippen LogP contribution in [0.1, 0.15) is 48.2 Å². The Kier molecular flexibility index (Phi) is 11.9. The maximum absolute atomic E-state index is 13.2. The minimum absolute atomic E-state index is 0.0297. The summed E-state index contributed by atoms with van der Waals surface area (Å²) in [7, 11) is 5.02. The number of carbonyl (C=O) groups is 4. The van der Waals surface area contributed by atoms with Crippen LogP contribution in [0.3, 0.4) is 0 Å². The molecule has 0 radical (unpaired) electrons. The van der Waals surface area contributed by atoms with E-state index >= 15 is 0 Å². The average Bonchev–Trinajstić information content (AvgIpc) is 3.71. The molecule has 0 unspecified atom stereocenters. The third-order valence-corrected chi connectivity index (χ3v) is 7.69. The quantitative estimate of drug-likeness (QED) is 0.0624. The maximum Gasteiger partial charge on any atom is 0.272 e. The van der Waals surface area contributed by atoms with Crippen molar-refractivity contribution < 1.29 is 19.2 Å². The van der Waals surface area contributed by atoms with E-state index < -0.39 is 11.8 Å². The molecule has 0 fully saturated rings. The Balaban J connectivity index is 1.39. The molecule has 48 heavy (non-hydrogen) atoms. The van der Waals surface area contributed by atoms with Gasteiger partial charge < -0.3 is 45.6 Å². The summed E-state index contributed by atoms with van der Waals surface area (Å²) in [5, 5.41) is 18.4. The summed E-state index contributed by atoms with van der Waals surface area (Å²) in [5.41, 5.74) is 8.67. The number of benzene rings is 1. The van der Waals surface area contributed by atoms with E-state index in [4.69, 9.17) is 34.3 Å². The predicted molar refractivity (Wildman–Crippen MR) is 189 cm³/mol. The van der Waals surface area contributed by atoms with Gasteiger partial charge in [0.05, 0.1) is 22.9 Å². The predicted octanol–water partition coefficient (Wildman–Crippen LogP) is 3.80. The van der Waals surface area contributed by atoms with Crippen LogP contribution in [0.25, 0.3) is 0 Å². The number of nitrogens with one attached hydrogen (secondary N) is 5. The number of aryl methyl sites for hydroxylation is 3. The molecule has 0 aliphatic heterocycles. The van der Waals surface area contributed by atoms with Gasteiger partial charge in [-0.05, 0) is 36.4 Å². The number of amides is 4. The fourth-order valence-corrected chi connectivity index (χ4v) is 5.40. The molecule has 7 N–H and O–H groups in total. The van der Waals surface area contributed by atoms with Crippen molar-refractivity contribution in [2.75, 3.05) is 52.2 Å². The van der Waals surface area contributed by atoms with E-state index in [0.29, 0.717) is 53.2 Å². The molecule has 0 saturated heterocycles. The van der Waals surface area contributed by atoms with E-state index in [1.165, 1.54) is 12.1 Å². The third kappa shape index (κ3) is 8.98. The molecule has 1 aromatic carbocycles. The average molecular weight is 698 g/mol. The zero-order valence-corrected chi connectivity index (χ0v) is 28.3. The second-order valence-corrected chi connectivity index (χ2v) is 11.7. The molecule has 3 heterocycles. The van der Waals surface area contributed by atoms with Crippen molar-refractivity contribution >= 4 is 75.4 Å². The lowest BCUT2D eigenvalue weighted by molar-refractivity contribution is 0.0944. The van der Waals surface area contributed by atoms with Crippen molar-refractivity contribution in [3.8, 4) is 0 Å². The van der Waals surface area contributed by atoms with Crippen LogP contribution in [0.15, 0.2) is 61.1 Å². The van der Waals surface area contributed by atoms with Crippen LogP contribution in [0, 0.1) is 5.41 Å². The van der Waals surface area contributed by atoms with Gasteiger partial charge in [0.2, 0.25) is 0 Å². The molecule has 3 aromatic heterocycles. The van der Waals surface area contributed by atoms with E-state index in [1.54, 1.807) is 77.7 Å². The summed E-state index contributed by atoms with van der Waals surface area (Å²) in [6.07, 6.45) is 5.06. The first-order chi connectivity index (χ1) is 22.9. The van der Waals surface area contributed by atoms with Crippen LogP contribution in [0.2, 0.25) is 0 Å². The number of amidine groups is 1. The number of alkyl halides is 2. The number of hydrogen-bond donors (Lipinski definition) is 6. The zero-order chi connectivity index (χ0) is 35.0. The van der Waals surface area contributed by atoms with Crippen LogP contribution in [-0.2, 0) is 21.1 Å². The number of hydrogen-bond acceptors (Lipinski definition) is 6. The Labute approximate surface area is 287 Å². The lowest BCUT2D eigenvalue weighted by Crippen LogP contribution is -2.28. The molecular formula is C32H38Cl2N10O4. The third-order valence-electron chi connectivity index (χ3n) is 7.35. The van der Waals surface area contributed by atoms with Gasteiger partial charge in [-0.1, -0.05) is 6.07 Å². The summed E-state index contributed by atoms with van der Waals surface area (Å²) < 4.78 is 4.72. The monoisotopic (exact) mass is 696 g/mol. The molecule has 254 valence electrons. The van der Waals surface area contributed by atoms with Crippen molar-refractivity contribution in [2.45, 2.75) is 6.42 Å². The van der Waals surface area contributed by atoms with Gasteiger partial charge in [0, 0.05) is 88.8 Å². The fraction of sp³-hybridized carbons (Fsp3) is 0.281. The molecular weight excluding hydrogens is 659 g/mol. The summed E-state index contributed by atoms with van der Waals surface area (Å²) in [6, 6.07) is 11.8. The molecule has 4 aromatic rings. The summed E-state index contributed by atoms with van der Waals surface area (Å²) in [6.45, 7) is 1.39. The van der Waals surface area contributed by atoms with Crippen LogP contribution >= 0.6 is 23.2 Å². The Morgan fingerprint density at radius 1 is 0.729 bits per heavy atom. The van der Waals surface area contributed by atoms with E-state index in [0.717, 1.165) is 5.69 Å². The largest absolute Gasteiger partial charge is 0.388 e. The number of halogens is 2. The molecule has 14 nitrogen and oxygen atoms in total. The van der Waals surface area contributed by atoms with Gasteiger partial charge in [-0.3, -0.25) is 24.6 Å². The van der Waals surface area contributed by atoms with E-state index in [-0.39, 0.29) is 42.0 Å². The standard InChI is InChI=1S/C32H38Cl2N10O4/c1-41-18-22(14-25(41)30(46)37-10-7-28(35)36)39-32(48)27-16-23(19-43(27)3)40-31(47)26-15-21(17-42(26)2)38-29(45)20-5-4-6-24(13-20)44(11-8-33)12-9-34/h4-6,13-19H,7-12H2,1-3H3,(H3,35,36)(H,37,46)(H,38,45)(H,39,48)(H,40,47). The van der Waals surface area contributed by atoms with Crippen molar-refractivity contribution in [2.24, 2.45) is 26.9 Å². The normalized spacial score (nSPS) is 10.8. The Hall–Kier alpha value is -5.21. The highest BCUT2D eigenvalue weighted by molar-refractivity contribution is 6.18. The first kappa shape index (κ1) is 35.6. The van der Waals surface area contributed by atoms with Crippen molar-refractivity contribution in [1.82, 2.24) is 19.0 Å². The highest BCUT2D eigenvalue weighted by atomic mass is 35.5. The van der Waals surface area contributed by atoms with Gasteiger partial charge in [0.15, 0.2) is 0 Å². The van der Waals surface area contributed by atoms with Crippen LogP contribution in [0.4, 0.5) is 22.7 Å². The smallest absolute Gasteiger partial charge is 0.272 e. The lowest BCUT2D eigenvalue weighted by atomic mass is 10.1. The number of aromatic nitrogens is 3. The van der Waals surface area contributed by atoms with Crippen LogP contribution in [-0.4, -0.2) is 74.6 Å². The lowest BCUT2D eigenvalue weighted by Gasteiger charge is -2.23. The molecule has 4 amide bonds. The van der Waals surface area contributed by atoms with Crippen molar-refractivity contribution in [3.05, 3.63) is 83.7 Å². The number of nitrogens with two attached hydrogens (primary N) is 1. The molecule has 4 rings (SSSR count). The number of rotatable bonds is 15. The minimum Gasteiger partial charge on any atom is -0.388 e. The van der Waals surface area contributed by atoms with Crippen LogP contribution < -0.4 is 31.9 Å². The van der Waals surface area contributed by atoms with Gasteiger partial charge in [0.25, 0.3) is 23.6 Å². The van der Waals surface area contributed by atoms with E-state index in [1.807, 2.05) is 11.0 Å². The molecule has 16 heteroatoms. The minimum atomic E-state index is -0.450. The number of carbonyl (C=O) groups excluding carboxylic acids is 4. The van der Waals surface area contributed by atoms with Gasteiger partial charge in [0.1, 0.15) is 17.1 Å². The van der Waals surface area contributed by atoms with Gasteiger partial charge >= 0.3 is 0 Å². The van der Waals surface area contributed by atoms with Crippen molar-refractivity contribution in [1.29, 1.82) is 5.41 Å². The van der Waals surface area contributed by atoms with E-state index in [9.17, 15) is 19.2 Å². The topological polar surface area (TPSA) is 184 Å². The first-order valence-corrected chi connectivity index (χ1v) is 16.0. The molecule has 0 aliphatic rings. The van der Waals surface area contributed by atoms with Crippen LogP contribution in [0.5, 0.6) is 0 Å². The SMILES string of the molecule is Cn1cc(NC(=O)c2cc(NC(=O)c3cc(NC(=O)c4cccc(N(CCCl)CCCl)c4)cn3C)cn2C)cc1C(=O)NCCC(=N)N. The second kappa shape index (κ2) is 16.1. The first-order valence-electron chi connectivity index (χ1n) is 14.9. The van der Waals surface area contributed by atoms with Gasteiger partial charge in [-0.15, -0.1) is 23.2 Å². The summed E-state index contributed by atoms with van der Waals surface area (Å²) >= 11 is 11.9. The Morgan fingerprint density at radius 2 is 1.19 bits per heavy atom. The number of anilines is 4. The highest BCUT2D eigenvalue weighted by Crippen LogP contribution is 2.21. The summed E-state index contributed by atoms with van der Waals surface area (Å²) in [5.74, 6) is -0.802. The summed E-state index contributed by atoms with van der Waals surface area (Å²) in [4.78, 5) is 53.8. The molecule has 0 atom stereocenters. The fourth-order valence-electron chi connectivity index (χ4n) is 4.99. The molecule has 0 spiro atoms. The second-order valence-electron chi connectivity index (χ2n) is 11.0. The molecule has 0 aliphatic carbocycles. The van der Waals surface area contributed by atoms with Crippen molar-refractivity contribution in [3.63, 3.8) is 0 Å². The number of nitrogens with zero attached hydrogens (tertiary/aromatic N) is 4. The van der Waals surface area contributed by atoms with Gasteiger partial charge in [-0.2, -0.15) is 0 Å².